The number of piperazine rings is 1. The van der Waals surface area contributed by atoms with Crippen LogP contribution in [-0.4, -0.2) is 55.5 Å². The molecule has 0 saturated carbocycles. The van der Waals surface area contributed by atoms with Gasteiger partial charge in [-0.05, 0) is 49.2 Å². The highest BCUT2D eigenvalue weighted by Crippen LogP contribution is 2.39. The van der Waals surface area contributed by atoms with Crippen molar-refractivity contribution in [3.63, 3.8) is 0 Å². The van der Waals surface area contributed by atoms with Crippen molar-refractivity contribution in [2.45, 2.75) is 12.8 Å². The number of benzene rings is 2. The van der Waals surface area contributed by atoms with Crippen LogP contribution in [0.2, 0.25) is 0 Å². The molecular weight excluding hydrogens is 358 g/mol. The minimum absolute atomic E-state index is 0.875. The minimum Gasteiger partial charge on any atom is -0.369 e. The van der Waals surface area contributed by atoms with Crippen LogP contribution in [0, 0.1) is 0 Å². The van der Waals surface area contributed by atoms with Gasteiger partial charge in [0.05, 0.1) is 12.8 Å². The largest absolute Gasteiger partial charge is 0.369 e. The maximum absolute atomic E-state index is 10.0. The van der Waals surface area contributed by atoms with E-state index >= 15 is 0 Å². The molecule has 3 rings (SSSR count). The standard InChI is InChI=1S/C21H31N3O2S/c1-26-27(2,25)22-20-10-12-21(13-11-20)24-17-15-23(16-18-24)14-6-9-19-7-4-3-5-8-19/h3-5,7-8,10-13,22,25H,6,9,14-18H2,1-2H3. The Morgan fingerprint density at radius 2 is 1.67 bits per heavy atom. The number of aryl methyl sites for hydroxylation is 1. The molecule has 0 spiro atoms. The summed E-state index contributed by atoms with van der Waals surface area (Å²) >= 11 is 0. The maximum atomic E-state index is 10.0. The smallest absolute Gasteiger partial charge is 0.0624 e. The van der Waals surface area contributed by atoms with Gasteiger partial charge < -0.3 is 4.90 Å². The van der Waals surface area contributed by atoms with Crippen LogP contribution in [0.3, 0.4) is 0 Å². The lowest BCUT2D eigenvalue weighted by Gasteiger charge is -2.36. The van der Waals surface area contributed by atoms with Crippen LogP contribution in [0.1, 0.15) is 12.0 Å². The van der Waals surface area contributed by atoms with E-state index in [4.69, 9.17) is 4.18 Å². The second-order valence-corrected chi connectivity index (χ2v) is 9.18. The SMILES string of the molecule is COS(C)(O)Nc1ccc(N2CCN(CCCc3ccccc3)CC2)cc1. The Balaban J connectivity index is 1.42. The molecule has 1 aliphatic rings. The molecule has 0 aliphatic carbocycles. The van der Waals surface area contributed by atoms with Gasteiger partial charge in [-0.15, -0.1) is 10.8 Å². The summed E-state index contributed by atoms with van der Waals surface area (Å²) in [5.74, 6) is 0. The summed E-state index contributed by atoms with van der Waals surface area (Å²) in [6.45, 7) is 5.49. The molecular formula is C21H31N3O2S. The van der Waals surface area contributed by atoms with Crippen molar-refractivity contribution in [1.29, 1.82) is 0 Å². The van der Waals surface area contributed by atoms with Crippen molar-refractivity contribution in [1.82, 2.24) is 4.90 Å². The summed E-state index contributed by atoms with van der Waals surface area (Å²) in [6, 6.07) is 19.0. The molecule has 2 aromatic rings. The molecule has 0 aromatic heterocycles. The van der Waals surface area contributed by atoms with E-state index in [1.54, 1.807) is 6.26 Å². The minimum atomic E-state index is -2.22. The van der Waals surface area contributed by atoms with Crippen LogP contribution in [-0.2, 0) is 10.6 Å². The number of hydrogen-bond acceptors (Lipinski definition) is 5. The first kappa shape index (κ1) is 20.0. The maximum Gasteiger partial charge on any atom is 0.0624 e. The Labute approximate surface area is 164 Å². The number of hydrogen-bond donors (Lipinski definition) is 2. The molecule has 6 heteroatoms. The fourth-order valence-corrected chi connectivity index (χ4v) is 4.04. The summed E-state index contributed by atoms with van der Waals surface area (Å²) in [5, 5.41) is 0. The zero-order valence-corrected chi connectivity index (χ0v) is 17.1. The Hall–Kier alpha value is -1.73. The van der Waals surface area contributed by atoms with Crippen molar-refractivity contribution in [2.75, 3.05) is 55.7 Å². The molecule has 0 radical (unpaired) electrons. The molecule has 1 aliphatic heterocycles. The molecule has 2 aromatic carbocycles. The Morgan fingerprint density at radius 3 is 2.30 bits per heavy atom. The number of nitrogens with zero attached hydrogens (tertiary/aromatic N) is 2. The van der Waals surface area contributed by atoms with Crippen molar-refractivity contribution in [2.24, 2.45) is 0 Å². The van der Waals surface area contributed by atoms with Gasteiger partial charge in [-0.1, -0.05) is 30.3 Å². The van der Waals surface area contributed by atoms with Gasteiger partial charge in [0, 0.05) is 38.1 Å². The predicted octanol–water partition coefficient (Wildman–Crippen LogP) is 4.24. The van der Waals surface area contributed by atoms with E-state index in [2.05, 4.69) is 57.0 Å². The highest BCUT2D eigenvalue weighted by molar-refractivity contribution is 8.25. The van der Waals surface area contributed by atoms with Gasteiger partial charge in [-0.2, -0.15) is 0 Å². The molecule has 1 heterocycles. The summed E-state index contributed by atoms with van der Waals surface area (Å²) in [7, 11) is -0.707. The van der Waals surface area contributed by atoms with E-state index < -0.39 is 10.8 Å². The molecule has 1 atom stereocenters. The van der Waals surface area contributed by atoms with Gasteiger partial charge >= 0.3 is 0 Å². The lowest BCUT2D eigenvalue weighted by Crippen LogP contribution is -2.46. The van der Waals surface area contributed by atoms with Gasteiger partial charge in [0.15, 0.2) is 0 Å². The number of nitrogens with one attached hydrogen (secondary N) is 1. The summed E-state index contributed by atoms with van der Waals surface area (Å²) in [5.41, 5.74) is 3.54. The van der Waals surface area contributed by atoms with Crippen molar-refractivity contribution in [3.05, 3.63) is 60.2 Å². The predicted molar refractivity (Wildman–Crippen MR) is 117 cm³/mol. The number of rotatable bonds is 8. The molecule has 1 fully saturated rings. The summed E-state index contributed by atoms with van der Waals surface area (Å²) in [4.78, 5) is 4.99. The van der Waals surface area contributed by atoms with E-state index in [0.29, 0.717) is 0 Å². The first-order valence-electron chi connectivity index (χ1n) is 9.51. The quantitative estimate of drug-likeness (QED) is 0.707. The lowest BCUT2D eigenvalue weighted by molar-refractivity contribution is 0.255. The monoisotopic (exact) mass is 389 g/mol. The Kier molecular flexibility index (Phi) is 7.01. The first-order valence-corrected chi connectivity index (χ1v) is 11.4. The Morgan fingerprint density at radius 1 is 1.00 bits per heavy atom. The fourth-order valence-electron chi connectivity index (χ4n) is 3.38. The van der Waals surface area contributed by atoms with Crippen LogP contribution in [0.4, 0.5) is 11.4 Å². The molecule has 1 saturated heterocycles. The van der Waals surface area contributed by atoms with Gasteiger partial charge in [-0.25, -0.2) is 0 Å². The van der Waals surface area contributed by atoms with Gasteiger partial charge in [0.25, 0.3) is 0 Å². The second-order valence-electron chi connectivity index (χ2n) is 7.04. The third-order valence-electron chi connectivity index (χ3n) is 5.02. The molecule has 0 amide bonds. The van der Waals surface area contributed by atoms with Gasteiger partial charge in [0.2, 0.25) is 0 Å². The molecule has 0 bridgehead atoms. The summed E-state index contributed by atoms with van der Waals surface area (Å²) in [6.07, 6.45) is 4.03. The van der Waals surface area contributed by atoms with Crippen molar-refractivity contribution >= 4 is 22.2 Å². The summed E-state index contributed by atoms with van der Waals surface area (Å²) < 4.78 is 18.1. The van der Waals surface area contributed by atoms with Crippen LogP contribution in [0.25, 0.3) is 0 Å². The molecule has 5 nitrogen and oxygen atoms in total. The van der Waals surface area contributed by atoms with E-state index in [1.807, 2.05) is 12.1 Å². The molecule has 1 unspecified atom stereocenters. The first-order chi connectivity index (χ1) is 13.1. The van der Waals surface area contributed by atoms with E-state index in [-0.39, 0.29) is 0 Å². The molecule has 27 heavy (non-hydrogen) atoms. The third kappa shape index (κ3) is 6.14. The van der Waals surface area contributed by atoms with Crippen molar-refractivity contribution < 1.29 is 8.74 Å². The van der Waals surface area contributed by atoms with E-state index in [1.165, 1.54) is 31.3 Å². The van der Waals surface area contributed by atoms with Crippen LogP contribution < -0.4 is 9.62 Å². The number of anilines is 2. The average molecular weight is 390 g/mol. The fraction of sp³-hybridized carbons (Fsp3) is 0.429. The highest BCUT2D eigenvalue weighted by Gasteiger charge is 2.17. The lowest BCUT2D eigenvalue weighted by atomic mass is 10.1. The normalized spacial score (nSPS) is 18.7. The van der Waals surface area contributed by atoms with Gasteiger partial charge in [-0.3, -0.25) is 18.4 Å². The van der Waals surface area contributed by atoms with Crippen molar-refractivity contribution in [3.8, 4) is 0 Å². The van der Waals surface area contributed by atoms with E-state index in [0.717, 1.165) is 38.3 Å². The molecule has 2 N–H and O–H groups in total. The van der Waals surface area contributed by atoms with Gasteiger partial charge in [0.1, 0.15) is 0 Å². The second kappa shape index (κ2) is 9.46. The van der Waals surface area contributed by atoms with Crippen LogP contribution in [0.5, 0.6) is 0 Å². The van der Waals surface area contributed by atoms with E-state index in [9.17, 15) is 4.55 Å². The van der Waals surface area contributed by atoms with Crippen LogP contribution >= 0.6 is 10.8 Å². The zero-order valence-electron chi connectivity index (χ0n) is 16.3. The highest BCUT2D eigenvalue weighted by atomic mass is 32.3. The zero-order chi connectivity index (χ0) is 19.1. The molecule has 148 valence electrons. The topological polar surface area (TPSA) is 48.0 Å². The average Bonchev–Trinajstić information content (AvgIpc) is 2.70. The third-order valence-corrected chi connectivity index (χ3v) is 6.28. The van der Waals surface area contributed by atoms with Crippen LogP contribution in [0.15, 0.2) is 54.6 Å². The Bertz CT molecular complexity index is 686.